The summed E-state index contributed by atoms with van der Waals surface area (Å²) in [4.78, 5) is 0.522. The van der Waals surface area contributed by atoms with Gasteiger partial charge in [0.05, 0.1) is 10.6 Å². The molecular formula is C13H19NO2S. The van der Waals surface area contributed by atoms with Crippen LogP contribution in [0, 0.1) is 5.41 Å². The van der Waals surface area contributed by atoms with E-state index in [0.717, 1.165) is 12.1 Å². The predicted octanol–water partition coefficient (Wildman–Crippen LogP) is 1.80. The van der Waals surface area contributed by atoms with Gasteiger partial charge in [-0.15, -0.1) is 0 Å². The lowest BCUT2D eigenvalue weighted by molar-refractivity contribution is 0.295. The molecule has 1 aromatic carbocycles. The molecule has 1 unspecified atom stereocenters. The topological polar surface area (TPSA) is 46.2 Å². The molecule has 0 amide bonds. The minimum atomic E-state index is -3.08. The molecule has 0 bridgehead atoms. The average molecular weight is 253 g/mol. The summed E-state index contributed by atoms with van der Waals surface area (Å²) in [7, 11) is -1.18. The number of benzene rings is 1. The molecule has 0 fully saturated rings. The van der Waals surface area contributed by atoms with Gasteiger partial charge in [-0.2, -0.15) is 0 Å². The molecule has 1 aliphatic heterocycles. The Labute approximate surface area is 103 Å². The molecule has 0 spiro atoms. The highest BCUT2D eigenvalue weighted by Crippen LogP contribution is 2.44. The summed E-state index contributed by atoms with van der Waals surface area (Å²) in [5.41, 5.74) is 0.918. The molecular weight excluding hydrogens is 234 g/mol. The van der Waals surface area contributed by atoms with Gasteiger partial charge in [0.15, 0.2) is 9.84 Å². The SMILES string of the molecule is CNCC(C)(C)C1CS(=O)(=O)c2ccccc21. The van der Waals surface area contributed by atoms with Crippen LogP contribution in [0.4, 0.5) is 0 Å². The van der Waals surface area contributed by atoms with E-state index < -0.39 is 9.84 Å². The van der Waals surface area contributed by atoms with E-state index in [4.69, 9.17) is 0 Å². The Morgan fingerprint density at radius 1 is 1.35 bits per heavy atom. The van der Waals surface area contributed by atoms with Gasteiger partial charge in [0.2, 0.25) is 0 Å². The van der Waals surface area contributed by atoms with Gasteiger partial charge < -0.3 is 5.32 Å². The summed E-state index contributed by atoms with van der Waals surface area (Å²) in [5, 5.41) is 3.15. The molecule has 1 aliphatic rings. The van der Waals surface area contributed by atoms with Crippen molar-refractivity contribution >= 4 is 9.84 Å². The zero-order valence-corrected chi connectivity index (χ0v) is 11.3. The summed E-state index contributed by atoms with van der Waals surface area (Å²) in [5.74, 6) is 0.317. The molecule has 3 nitrogen and oxygen atoms in total. The lowest BCUT2D eigenvalue weighted by Gasteiger charge is -2.31. The van der Waals surface area contributed by atoms with E-state index in [1.165, 1.54) is 0 Å². The van der Waals surface area contributed by atoms with Crippen LogP contribution in [0.15, 0.2) is 29.2 Å². The Balaban J connectivity index is 2.49. The van der Waals surface area contributed by atoms with Crippen LogP contribution in [0.1, 0.15) is 25.3 Å². The zero-order valence-electron chi connectivity index (χ0n) is 10.5. The summed E-state index contributed by atoms with van der Waals surface area (Å²) < 4.78 is 24.2. The number of rotatable bonds is 3. The van der Waals surface area contributed by atoms with E-state index in [1.807, 2.05) is 19.2 Å². The molecule has 94 valence electrons. The third-order valence-corrected chi connectivity index (χ3v) is 5.41. The third-order valence-electron chi connectivity index (χ3n) is 3.59. The minimum Gasteiger partial charge on any atom is -0.319 e. The van der Waals surface area contributed by atoms with Crippen LogP contribution in [-0.4, -0.2) is 27.8 Å². The van der Waals surface area contributed by atoms with E-state index >= 15 is 0 Å². The zero-order chi connectivity index (χ0) is 12.7. The average Bonchev–Trinajstić information content (AvgIpc) is 2.53. The molecule has 1 aromatic rings. The Morgan fingerprint density at radius 2 is 2.00 bits per heavy atom. The summed E-state index contributed by atoms with van der Waals surface area (Å²) in [6.07, 6.45) is 0. The van der Waals surface area contributed by atoms with Crippen molar-refractivity contribution < 1.29 is 8.42 Å². The van der Waals surface area contributed by atoms with E-state index in [-0.39, 0.29) is 17.1 Å². The Bertz CT molecular complexity index is 520. The Morgan fingerprint density at radius 3 is 2.65 bits per heavy atom. The van der Waals surface area contributed by atoms with Gasteiger partial charge in [-0.3, -0.25) is 0 Å². The van der Waals surface area contributed by atoms with Crippen LogP contribution in [0.25, 0.3) is 0 Å². The fourth-order valence-electron chi connectivity index (χ4n) is 2.68. The van der Waals surface area contributed by atoms with Crippen molar-refractivity contribution in [1.82, 2.24) is 5.32 Å². The number of sulfone groups is 1. The number of nitrogens with one attached hydrogen (secondary N) is 1. The highest BCUT2D eigenvalue weighted by Gasteiger charge is 2.42. The van der Waals surface area contributed by atoms with Gasteiger partial charge in [0, 0.05) is 12.5 Å². The molecule has 0 saturated carbocycles. The van der Waals surface area contributed by atoms with Crippen molar-refractivity contribution in [1.29, 1.82) is 0 Å². The van der Waals surface area contributed by atoms with Crippen molar-refractivity contribution in [2.24, 2.45) is 5.41 Å². The van der Waals surface area contributed by atoms with Crippen LogP contribution in [0.5, 0.6) is 0 Å². The maximum Gasteiger partial charge on any atom is 0.179 e. The van der Waals surface area contributed by atoms with Crippen LogP contribution < -0.4 is 5.32 Å². The first-order valence-electron chi connectivity index (χ1n) is 5.85. The van der Waals surface area contributed by atoms with Crippen molar-refractivity contribution in [2.45, 2.75) is 24.7 Å². The molecule has 1 heterocycles. The number of fused-ring (bicyclic) bond motifs is 1. The van der Waals surface area contributed by atoms with E-state index in [1.54, 1.807) is 12.1 Å². The summed E-state index contributed by atoms with van der Waals surface area (Å²) >= 11 is 0. The first-order valence-corrected chi connectivity index (χ1v) is 7.50. The van der Waals surface area contributed by atoms with Crippen LogP contribution in [-0.2, 0) is 9.84 Å². The molecule has 0 radical (unpaired) electrons. The second kappa shape index (κ2) is 4.10. The lowest BCUT2D eigenvalue weighted by atomic mass is 9.76. The molecule has 17 heavy (non-hydrogen) atoms. The van der Waals surface area contributed by atoms with Gasteiger partial charge in [-0.1, -0.05) is 32.0 Å². The lowest BCUT2D eigenvalue weighted by Crippen LogP contribution is -2.33. The highest BCUT2D eigenvalue weighted by atomic mass is 32.2. The second-order valence-corrected chi connectivity index (χ2v) is 7.39. The van der Waals surface area contributed by atoms with Crippen molar-refractivity contribution in [3.8, 4) is 0 Å². The number of hydrogen-bond donors (Lipinski definition) is 1. The van der Waals surface area contributed by atoms with Crippen molar-refractivity contribution in [3.05, 3.63) is 29.8 Å². The van der Waals surface area contributed by atoms with Gasteiger partial charge in [0.1, 0.15) is 0 Å². The Kier molecular flexibility index (Phi) is 3.04. The van der Waals surface area contributed by atoms with E-state index in [9.17, 15) is 8.42 Å². The predicted molar refractivity (Wildman–Crippen MR) is 68.9 cm³/mol. The van der Waals surface area contributed by atoms with Gasteiger partial charge >= 0.3 is 0 Å². The van der Waals surface area contributed by atoms with Gasteiger partial charge in [-0.05, 0) is 24.1 Å². The van der Waals surface area contributed by atoms with Crippen LogP contribution in [0.2, 0.25) is 0 Å². The van der Waals surface area contributed by atoms with E-state index in [0.29, 0.717) is 4.90 Å². The molecule has 2 rings (SSSR count). The first-order chi connectivity index (χ1) is 7.88. The fraction of sp³-hybridized carbons (Fsp3) is 0.538. The van der Waals surface area contributed by atoms with Gasteiger partial charge in [-0.25, -0.2) is 8.42 Å². The molecule has 1 atom stereocenters. The molecule has 0 aromatic heterocycles. The quantitative estimate of drug-likeness (QED) is 0.893. The summed E-state index contributed by atoms with van der Waals surface area (Å²) in [6, 6.07) is 7.38. The molecule has 0 aliphatic carbocycles. The highest BCUT2D eigenvalue weighted by molar-refractivity contribution is 7.91. The molecule has 1 N–H and O–H groups in total. The normalized spacial score (nSPS) is 22.4. The van der Waals surface area contributed by atoms with Crippen molar-refractivity contribution in [3.63, 3.8) is 0 Å². The molecule has 0 saturated heterocycles. The van der Waals surface area contributed by atoms with Crippen LogP contribution >= 0.6 is 0 Å². The van der Waals surface area contributed by atoms with Crippen LogP contribution in [0.3, 0.4) is 0 Å². The minimum absolute atomic E-state index is 0.0611. The van der Waals surface area contributed by atoms with Gasteiger partial charge in [0.25, 0.3) is 0 Å². The first kappa shape index (κ1) is 12.6. The molecule has 4 heteroatoms. The second-order valence-electron chi connectivity index (χ2n) is 5.39. The fourth-order valence-corrected chi connectivity index (χ4v) is 4.78. The van der Waals surface area contributed by atoms with Crippen molar-refractivity contribution in [2.75, 3.05) is 19.3 Å². The summed E-state index contributed by atoms with van der Waals surface area (Å²) in [6.45, 7) is 5.04. The number of hydrogen-bond acceptors (Lipinski definition) is 3. The maximum absolute atomic E-state index is 12.1. The monoisotopic (exact) mass is 253 g/mol. The standard InChI is InChI=1S/C13H19NO2S/c1-13(2,9-14-3)11-8-17(15,16)12-7-5-4-6-10(11)12/h4-7,11,14H,8-9H2,1-3H3. The Hall–Kier alpha value is -0.870. The smallest absolute Gasteiger partial charge is 0.179 e. The largest absolute Gasteiger partial charge is 0.319 e. The maximum atomic E-state index is 12.1. The van der Waals surface area contributed by atoms with E-state index in [2.05, 4.69) is 19.2 Å². The third kappa shape index (κ3) is 2.11.